The molecule has 7 nitrogen and oxygen atoms in total. The van der Waals surface area contributed by atoms with E-state index >= 15 is 0 Å². The first-order valence-corrected chi connectivity index (χ1v) is 16.1. The second-order valence-electron chi connectivity index (χ2n) is 12.1. The monoisotopic (exact) mass is 619 g/mol. The van der Waals surface area contributed by atoms with Crippen molar-refractivity contribution in [2.75, 3.05) is 52.1 Å². The lowest BCUT2D eigenvalue weighted by atomic mass is 9.96. The lowest BCUT2D eigenvalue weighted by molar-refractivity contribution is 0.371. The summed E-state index contributed by atoms with van der Waals surface area (Å²) in [6.07, 6.45) is 14.7. The number of pyridine rings is 1. The fourth-order valence-electron chi connectivity index (χ4n) is 5.89. The van der Waals surface area contributed by atoms with Gasteiger partial charge < -0.3 is 15.2 Å². The van der Waals surface area contributed by atoms with Crippen LogP contribution in [0.5, 0.6) is 0 Å². The molecular weight excluding hydrogens is 573 g/mol. The molecular formula is C38H46FN7. The number of hydrogen-bond donors (Lipinski definition) is 3. The highest BCUT2D eigenvalue weighted by Gasteiger charge is 2.19. The number of hydrogen-bond acceptors (Lipinski definition) is 5. The van der Waals surface area contributed by atoms with Gasteiger partial charge in [-0.05, 0) is 126 Å². The summed E-state index contributed by atoms with van der Waals surface area (Å²) < 4.78 is 14.9. The molecule has 3 aromatic heterocycles. The van der Waals surface area contributed by atoms with Crippen molar-refractivity contribution >= 4 is 27.9 Å². The van der Waals surface area contributed by atoms with Gasteiger partial charge in [0.25, 0.3) is 0 Å². The molecule has 1 fully saturated rings. The Morgan fingerprint density at radius 3 is 2.65 bits per heavy atom. The third kappa shape index (κ3) is 7.81. The van der Waals surface area contributed by atoms with Gasteiger partial charge >= 0.3 is 0 Å². The number of likely N-dealkylation sites (tertiary alicyclic amines) is 1. The minimum absolute atomic E-state index is 0.284. The van der Waals surface area contributed by atoms with E-state index in [4.69, 9.17) is 4.98 Å². The molecule has 0 aliphatic carbocycles. The van der Waals surface area contributed by atoms with E-state index in [0.29, 0.717) is 0 Å². The Morgan fingerprint density at radius 2 is 1.93 bits per heavy atom. The Bertz CT molecular complexity index is 1790. The molecule has 46 heavy (non-hydrogen) atoms. The zero-order valence-corrected chi connectivity index (χ0v) is 27.8. The van der Waals surface area contributed by atoms with Gasteiger partial charge in [0, 0.05) is 36.6 Å². The quantitative estimate of drug-likeness (QED) is 0.132. The van der Waals surface area contributed by atoms with E-state index in [1.54, 1.807) is 12.1 Å². The molecule has 0 spiro atoms. The van der Waals surface area contributed by atoms with Crippen molar-refractivity contribution in [2.45, 2.75) is 33.6 Å². The van der Waals surface area contributed by atoms with Crippen LogP contribution >= 0.6 is 0 Å². The maximum Gasteiger partial charge on any atom is 0.135 e. The number of aromatic amines is 2. The maximum absolute atomic E-state index is 14.9. The molecule has 4 heterocycles. The molecule has 1 saturated heterocycles. The summed E-state index contributed by atoms with van der Waals surface area (Å²) in [6, 6.07) is 11.3. The van der Waals surface area contributed by atoms with Gasteiger partial charge in [-0.25, -0.2) is 9.37 Å². The topological polar surface area (TPSA) is 75.9 Å². The van der Waals surface area contributed by atoms with Gasteiger partial charge in [0.1, 0.15) is 17.0 Å². The Kier molecular flexibility index (Phi) is 10.8. The zero-order valence-electron chi connectivity index (χ0n) is 27.8. The van der Waals surface area contributed by atoms with Crippen LogP contribution in [-0.2, 0) is 0 Å². The molecule has 5 rings (SSSR count). The molecule has 0 saturated carbocycles. The van der Waals surface area contributed by atoms with Crippen LogP contribution in [0.2, 0.25) is 0 Å². The minimum Gasteiger partial charge on any atom is -0.384 e. The molecule has 0 unspecified atom stereocenters. The summed E-state index contributed by atoms with van der Waals surface area (Å²) in [5, 5.41) is 11.2. The van der Waals surface area contributed by atoms with Gasteiger partial charge in [-0.15, -0.1) is 0 Å². The van der Waals surface area contributed by atoms with Crippen molar-refractivity contribution in [1.29, 1.82) is 0 Å². The Labute approximate surface area is 272 Å². The molecule has 1 aliphatic heterocycles. The van der Waals surface area contributed by atoms with Crippen LogP contribution in [0.4, 0.5) is 10.1 Å². The maximum atomic E-state index is 14.9. The van der Waals surface area contributed by atoms with Crippen LogP contribution in [0.25, 0.3) is 33.6 Å². The first kappa shape index (κ1) is 32.9. The first-order valence-electron chi connectivity index (χ1n) is 16.1. The van der Waals surface area contributed by atoms with Gasteiger partial charge in [-0.3, -0.25) is 10.00 Å². The zero-order chi connectivity index (χ0) is 32.6. The van der Waals surface area contributed by atoms with Crippen LogP contribution in [0.15, 0.2) is 85.0 Å². The van der Waals surface area contributed by atoms with Crippen LogP contribution in [0.3, 0.4) is 0 Å². The predicted octanol–water partition coefficient (Wildman–Crippen LogP) is 7.99. The molecule has 1 aromatic carbocycles. The van der Waals surface area contributed by atoms with Crippen LogP contribution in [0, 0.1) is 12.7 Å². The van der Waals surface area contributed by atoms with E-state index in [-0.39, 0.29) is 5.82 Å². The third-order valence-corrected chi connectivity index (χ3v) is 8.33. The van der Waals surface area contributed by atoms with Crippen molar-refractivity contribution in [3.05, 3.63) is 113 Å². The Balaban J connectivity index is 1.49. The normalized spacial score (nSPS) is 15.2. The highest BCUT2D eigenvalue weighted by molar-refractivity contribution is 5.92. The van der Waals surface area contributed by atoms with E-state index in [9.17, 15) is 4.39 Å². The van der Waals surface area contributed by atoms with Gasteiger partial charge in [0.15, 0.2) is 0 Å². The van der Waals surface area contributed by atoms with E-state index < -0.39 is 0 Å². The van der Waals surface area contributed by atoms with Crippen LogP contribution in [-0.4, -0.2) is 76.8 Å². The van der Waals surface area contributed by atoms with Gasteiger partial charge in [0.05, 0.1) is 16.9 Å². The van der Waals surface area contributed by atoms with E-state index in [1.165, 1.54) is 18.4 Å². The minimum atomic E-state index is -0.284. The smallest absolute Gasteiger partial charge is 0.135 e. The fraction of sp³-hybridized carbons (Fsp3) is 0.316. The first-order chi connectivity index (χ1) is 22.3. The second-order valence-corrected chi connectivity index (χ2v) is 12.1. The van der Waals surface area contributed by atoms with Gasteiger partial charge in [-0.2, -0.15) is 5.10 Å². The second kappa shape index (κ2) is 15.2. The van der Waals surface area contributed by atoms with E-state index in [1.807, 2.05) is 77.4 Å². The summed E-state index contributed by atoms with van der Waals surface area (Å²) in [5.41, 5.74) is 10.7. The highest BCUT2D eigenvalue weighted by Crippen LogP contribution is 2.34. The number of rotatable bonds is 13. The van der Waals surface area contributed by atoms with Crippen molar-refractivity contribution in [2.24, 2.45) is 0 Å². The largest absolute Gasteiger partial charge is 0.384 e. The molecule has 0 bridgehead atoms. The molecule has 0 radical (unpaired) electrons. The third-order valence-electron chi connectivity index (χ3n) is 8.33. The average molecular weight is 620 g/mol. The number of aryl methyl sites for hydroxylation is 1. The van der Waals surface area contributed by atoms with Gasteiger partial charge in [0.2, 0.25) is 0 Å². The number of likely N-dealkylation sites (N-methyl/N-ethyl adjacent to an activating group) is 1. The number of halogens is 1. The SMILES string of the molecule is C=C/C(=C\C(=C/C)c1ccc2[nH]nc(-c3cc(/C(=C\C=C/C)c4cc(F)cc(NCCN(C)C)c4)c(C)[nH]3)c2n1)CN1CCCC1. The van der Waals surface area contributed by atoms with Crippen molar-refractivity contribution in [1.82, 2.24) is 30.0 Å². The van der Waals surface area contributed by atoms with Crippen molar-refractivity contribution < 1.29 is 4.39 Å². The average Bonchev–Trinajstić information content (AvgIpc) is 3.79. The Morgan fingerprint density at radius 1 is 1.13 bits per heavy atom. The van der Waals surface area contributed by atoms with Crippen LogP contribution < -0.4 is 5.32 Å². The molecule has 4 aromatic rings. The lowest BCUT2D eigenvalue weighted by Crippen LogP contribution is -2.21. The summed E-state index contributed by atoms with van der Waals surface area (Å²) in [7, 11) is 4.04. The number of fused-ring (bicyclic) bond motifs is 1. The molecule has 8 heteroatoms. The number of nitrogens with one attached hydrogen (secondary N) is 3. The number of H-pyrrole nitrogens is 2. The number of anilines is 1. The number of aromatic nitrogens is 4. The molecule has 240 valence electrons. The molecule has 1 aliphatic rings. The van der Waals surface area contributed by atoms with Gasteiger partial charge in [-0.1, -0.05) is 37.0 Å². The number of allylic oxidation sites excluding steroid dienone is 6. The standard InChI is InChI=1S/C38H46FN7/c1-7-10-13-32(29-21-30(39)23-31(22-29)40-16-19-45(5)6)33-24-36(41-26(33)4)38-37-35(43-44-38)15-14-34(42-37)28(9-3)20-27(8-2)25-46-17-11-12-18-46/h7-10,13-15,20-24,40-41H,2,11-12,16-19,25H2,1,3-6H3,(H,43,44)/b10-7-,27-20+,28-9+,32-13-. The summed E-state index contributed by atoms with van der Waals surface area (Å²) in [4.78, 5) is 13.2. The van der Waals surface area contributed by atoms with Crippen LogP contribution in [0.1, 0.15) is 49.2 Å². The summed E-state index contributed by atoms with van der Waals surface area (Å²) in [5.74, 6) is -0.284. The predicted molar refractivity (Wildman–Crippen MR) is 191 cm³/mol. The fourth-order valence-corrected chi connectivity index (χ4v) is 5.89. The molecule has 0 atom stereocenters. The van der Waals surface area contributed by atoms with E-state index in [0.717, 1.165) is 94.5 Å². The van der Waals surface area contributed by atoms with Crippen molar-refractivity contribution in [3.63, 3.8) is 0 Å². The van der Waals surface area contributed by atoms with Crippen molar-refractivity contribution in [3.8, 4) is 11.4 Å². The summed E-state index contributed by atoms with van der Waals surface area (Å²) >= 11 is 0. The number of nitrogens with zero attached hydrogens (tertiary/aromatic N) is 4. The Hall–Kier alpha value is -4.53. The number of benzene rings is 1. The highest BCUT2D eigenvalue weighted by atomic mass is 19.1. The lowest BCUT2D eigenvalue weighted by Gasteiger charge is -2.15. The summed E-state index contributed by atoms with van der Waals surface area (Å²) in [6.45, 7) is 14.9. The molecule has 0 amide bonds. The molecule has 3 N–H and O–H groups in total. The van der Waals surface area contributed by atoms with E-state index in [2.05, 4.69) is 55.1 Å².